The molecule has 0 amide bonds. The fourth-order valence-corrected chi connectivity index (χ4v) is 2.92. The molecule has 0 bridgehead atoms. The molecule has 0 spiro atoms. The third-order valence-corrected chi connectivity index (χ3v) is 5.10. The Morgan fingerprint density at radius 3 is 2.00 bits per heavy atom. The van der Waals surface area contributed by atoms with Crippen molar-refractivity contribution in [2.75, 3.05) is 6.61 Å². The molecule has 30 heavy (non-hydrogen) atoms. The standard InChI is InChI=1S/C25H23NO3S/c1-25(2,24(27)29-22-11-13-23(30)14-12-22)15-16-28-21-9-7-20(8-10-21)19-5-3-18(17-26)4-6-19/h3-14,30H,15-16H2,1-2H3. The summed E-state index contributed by atoms with van der Waals surface area (Å²) in [6, 6.07) is 24.3. The summed E-state index contributed by atoms with van der Waals surface area (Å²) >= 11 is 4.23. The van der Waals surface area contributed by atoms with Crippen molar-refractivity contribution in [2.24, 2.45) is 5.41 Å². The lowest BCUT2D eigenvalue weighted by Gasteiger charge is -2.22. The largest absolute Gasteiger partial charge is 0.494 e. The predicted octanol–water partition coefficient (Wildman–Crippen LogP) is 5.91. The van der Waals surface area contributed by atoms with Gasteiger partial charge >= 0.3 is 5.97 Å². The molecule has 0 heterocycles. The van der Waals surface area contributed by atoms with Gasteiger partial charge in [-0.25, -0.2) is 0 Å². The molecule has 3 aromatic carbocycles. The van der Waals surface area contributed by atoms with Crippen molar-refractivity contribution in [3.05, 3.63) is 78.4 Å². The summed E-state index contributed by atoms with van der Waals surface area (Å²) in [6.45, 7) is 4.09. The number of rotatable bonds is 7. The van der Waals surface area contributed by atoms with Crippen molar-refractivity contribution in [2.45, 2.75) is 25.2 Å². The molecule has 152 valence electrons. The van der Waals surface area contributed by atoms with Crippen LogP contribution in [0.4, 0.5) is 0 Å². The van der Waals surface area contributed by atoms with Crippen molar-refractivity contribution in [3.63, 3.8) is 0 Å². The lowest BCUT2D eigenvalue weighted by atomic mass is 9.90. The van der Waals surface area contributed by atoms with E-state index in [1.807, 2.05) is 50.2 Å². The number of ether oxygens (including phenoxy) is 2. The van der Waals surface area contributed by atoms with Gasteiger partial charge in [0.05, 0.1) is 23.7 Å². The number of hydrogen-bond donors (Lipinski definition) is 1. The van der Waals surface area contributed by atoms with Crippen LogP contribution in [-0.4, -0.2) is 12.6 Å². The Balaban J connectivity index is 1.52. The highest BCUT2D eigenvalue weighted by Crippen LogP contribution is 2.26. The third-order valence-electron chi connectivity index (χ3n) is 4.80. The number of esters is 1. The molecular weight excluding hydrogens is 394 g/mol. The summed E-state index contributed by atoms with van der Waals surface area (Å²) < 4.78 is 11.3. The van der Waals surface area contributed by atoms with Crippen molar-refractivity contribution < 1.29 is 14.3 Å². The van der Waals surface area contributed by atoms with Gasteiger partial charge in [0.1, 0.15) is 11.5 Å². The minimum atomic E-state index is -0.679. The molecule has 5 heteroatoms. The lowest BCUT2D eigenvalue weighted by molar-refractivity contribution is -0.144. The van der Waals surface area contributed by atoms with Crippen LogP contribution in [0, 0.1) is 16.7 Å². The molecule has 0 radical (unpaired) electrons. The maximum Gasteiger partial charge on any atom is 0.317 e. The fourth-order valence-electron chi connectivity index (χ4n) is 2.77. The summed E-state index contributed by atoms with van der Waals surface area (Å²) in [6.07, 6.45) is 0.522. The fraction of sp³-hybridized carbons (Fsp3) is 0.200. The molecule has 0 saturated carbocycles. The van der Waals surface area contributed by atoms with E-state index >= 15 is 0 Å². The van der Waals surface area contributed by atoms with Gasteiger partial charge in [0, 0.05) is 4.90 Å². The van der Waals surface area contributed by atoms with Crippen LogP contribution in [0.15, 0.2) is 77.7 Å². The molecule has 0 aromatic heterocycles. The third kappa shape index (κ3) is 5.65. The van der Waals surface area contributed by atoms with E-state index in [1.165, 1.54) is 0 Å². The van der Waals surface area contributed by atoms with Crippen LogP contribution in [0.25, 0.3) is 11.1 Å². The first kappa shape index (κ1) is 21.5. The highest BCUT2D eigenvalue weighted by atomic mass is 32.1. The Labute approximate surface area is 182 Å². The molecule has 0 aliphatic carbocycles. The molecule has 0 atom stereocenters. The molecule has 0 fully saturated rings. The predicted molar refractivity (Wildman–Crippen MR) is 120 cm³/mol. The van der Waals surface area contributed by atoms with Gasteiger partial charge in [-0.3, -0.25) is 4.79 Å². The number of hydrogen-bond acceptors (Lipinski definition) is 5. The maximum absolute atomic E-state index is 12.5. The summed E-state index contributed by atoms with van der Waals surface area (Å²) in [7, 11) is 0. The van der Waals surface area contributed by atoms with Crippen molar-refractivity contribution in [3.8, 4) is 28.7 Å². The maximum atomic E-state index is 12.5. The van der Waals surface area contributed by atoms with E-state index in [4.69, 9.17) is 14.7 Å². The monoisotopic (exact) mass is 417 g/mol. The topological polar surface area (TPSA) is 59.3 Å². The van der Waals surface area contributed by atoms with Gasteiger partial charge in [-0.15, -0.1) is 12.6 Å². The average molecular weight is 418 g/mol. The van der Waals surface area contributed by atoms with E-state index in [2.05, 4.69) is 18.7 Å². The van der Waals surface area contributed by atoms with Gasteiger partial charge in [-0.1, -0.05) is 24.3 Å². The van der Waals surface area contributed by atoms with Gasteiger partial charge in [0.25, 0.3) is 0 Å². The minimum Gasteiger partial charge on any atom is -0.494 e. The Morgan fingerprint density at radius 1 is 0.900 bits per heavy atom. The molecular formula is C25H23NO3S. The Bertz CT molecular complexity index is 1030. The number of carbonyl (C=O) groups excluding carboxylic acids is 1. The zero-order chi connectivity index (χ0) is 21.6. The van der Waals surface area contributed by atoms with Crippen molar-refractivity contribution in [1.82, 2.24) is 0 Å². The van der Waals surface area contributed by atoms with Crippen molar-refractivity contribution in [1.29, 1.82) is 5.26 Å². The van der Waals surface area contributed by atoms with E-state index in [1.54, 1.807) is 36.4 Å². The number of nitrogens with zero attached hydrogens (tertiary/aromatic N) is 1. The van der Waals surface area contributed by atoms with Crippen LogP contribution in [0.3, 0.4) is 0 Å². The van der Waals surface area contributed by atoms with Crippen LogP contribution in [0.1, 0.15) is 25.8 Å². The molecule has 4 nitrogen and oxygen atoms in total. The molecule has 3 aromatic rings. The van der Waals surface area contributed by atoms with Gasteiger partial charge in [-0.2, -0.15) is 5.26 Å². The second-order valence-corrected chi connectivity index (χ2v) is 8.10. The van der Waals surface area contributed by atoms with Crippen LogP contribution < -0.4 is 9.47 Å². The molecule has 0 N–H and O–H groups in total. The summed E-state index contributed by atoms with van der Waals surface area (Å²) in [4.78, 5) is 13.3. The summed E-state index contributed by atoms with van der Waals surface area (Å²) in [5.74, 6) is 0.945. The Morgan fingerprint density at radius 2 is 1.43 bits per heavy atom. The normalized spacial score (nSPS) is 10.9. The van der Waals surface area contributed by atoms with E-state index in [9.17, 15) is 4.79 Å². The van der Waals surface area contributed by atoms with Gasteiger partial charge < -0.3 is 9.47 Å². The first-order valence-electron chi connectivity index (χ1n) is 9.62. The summed E-state index contributed by atoms with van der Waals surface area (Å²) in [5.41, 5.74) is 2.04. The second kappa shape index (κ2) is 9.51. The quantitative estimate of drug-likeness (QED) is 0.295. The lowest BCUT2D eigenvalue weighted by Crippen LogP contribution is -2.30. The minimum absolute atomic E-state index is 0.297. The van der Waals surface area contributed by atoms with Crippen LogP contribution in [-0.2, 0) is 4.79 Å². The average Bonchev–Trinajstić information content (AvgIpc) is 2.76. The van der Waals surface area contributed by atoms with Gasteiger partial charge in [0.15, 0.2) is 0 Å². The van der Waals surface area contributed by atoms with E-state index in [0.717, 1.165) is 21.8 Å². The molecule has 0 saturated heterocycles. The molecule has 0 unspecified atom stereocenters. The van der Waals surface area contributed by atoms with Crippen molar-refractivity contribution >= 4 is 18.6 Å². The second-order valence-electron chi connectivity index (χ2n) is 7.58. The Hall–Kier alpha value is -3.23. The van der Waals surface area contributed by atoms with E-state index in [0.29, 0.717) is 24.3 Å². The van der Waals surface area contributed by atoms with Gasteiger partial charge in [0.2, 0.25) is 0 Å². The number of benzene rings is 3. The SMILES string of the molecule is CC(C)(CCOc1ccc(-c2ccc(C#N)cc2)cc1)C(=O)Oc1ccc(S)cc1. The van der Waals surface area contributed by atoms with E-state index in [-0.39, 0.29) is 5.97 Å². The number of nitriles is 1. The highest BCUT2D eigenvalue weighted by Gasteiger charge is 2.30. The zero-order valence-electron chi connectivity index (χ0n) is 17.0. The molecule has 3 rings (SSSR count). The highest BCUT2D eigenvalue weighted by molar-refractivity contribution is 7.80. The molecule has 0 aliphatic rings. The van der Waals surface area contributed by atoms with Gasteiger partial charge in [-0.05, 0) is 79.9 Å². The number of carbonyl (C=O) groups is 1. The smallest absolute Gasteiger partial charge is 0.317 e. The number of thiol groups is 1. The molecule has 0 aliphatic heterocycles. The van der Waals surface area contributed by atoms with E-state index < -0.39 is 5.41 Å². The summed E-state index contributed by atoms with van der Waals surface area (Å²) in [5, 5.41) is 8.89. The van der Waals surface area contributed by atoms with Crippen LogP contribution in [0.2, 0.25) is 0 Å². The van der Waals surface area contributed by atoms with Crippen LogP contribution in [0.5, 0.6) is 11.5 Å². The van der Waals surface area contributed by atoms with Crippen LogP contribution >= 0.6 is 12.6 Å². The first-order chi connectivity index (χ1) is 14.4. The first-order valence-corrected chi connectivity index (χ1v) is 10.1. The zero-order valence-corrected chi connectivity index (χ0v) is 17.9. The Kier molecular flexibility index (Phi) is 6.81.